The van der Waals surface area contributed by atoms with E-state index in [1.165, 1.54) is 18.5 Å². The molecular formula is C11H19Cl2N3. The maximum Gasteiger partial charge on any atom is 0.0613 e. The minimum atomic E-state index is 0. The third kappa shape index (κ3) is 2.09. The zero-order chi connectivity index (χ0) is 9.43. The summed E-state index contributed by atoms with van der Waals surface area (Å²) in [5, 5.41) is 7.15. The van der Waals surface area contributed by atoms with Gasteiger partial charge in [-0.3, -0.25) is 0 Å². The number of rotatable bonds is 0. The van der Waals surface area contributed by atoms with Crippen molar-refractivity contribution in [2.24, 2.45) is 0 Å². The molecule has 0 aliphatic carbocycles. The Morgan fingerprint density at radius 2 is 1.88 bits per heavy atom. The highest BCUT2D eigenvalue weighted by Crippen LogP contribution is 2.32. The number of nitrogens with zero attached hydrogens (tertiary/aromatic N) is 1. The summed E-state index contributed by atoms with van der Waals surface area (Å²) in [4.78, 5) is 0. The van der Waals surface area contributed by atoms with Crippen LogP contribution >= 0.6 is 24.8 Å². The molecule has 1 saturated heterocycles. The van der Waals surface area contributed by atoms with Gasteiger partial charge < -0.3 is 15.2 Å². The van der Waals surface area contributed by atoms with Crippen LogP contribution in [0.3, 0.4) is 0 Å². The van der Waals surface area contributed by atoms with Crippen molar-refractivity contribution >= 4 is 24.8 Å². The van der Waals surface area contributed by atoms with E-state index in [1.54, 1.807) is 0 Å². The van der Waals surface area contributed by atoms with E-state index in [1.807, 2.05) is 0 Å². The normalized spacial score (nSPS) is 21.8. The third-order valence-electron chi connectivity index (χ3n) is 3.59. The van der Waals surface area contributed by atoms with Gasteiger partial charge in [-0.2, -0.15) is 0 Å². The van der Waals surface area contributed by atoms with E-state index in [0.29, 0.717) is 0 Å². The third-order valence-corrected chi connectivity index (χ3v) is 3.59. The molecule has 1 aromatic rings. The lowest BCUT2D eigenvalue weighted by Crippen LogP contribution is -2.54. The molecule has 2 aliphatic rings. The number of nitrogens with one attached hydrogen (secondary N) is 2. The van der Waals surface area contributed by atoms with Gasteiger partial charge in [-0.05, 0) is 38.1 Å². The molecule has 3 rings (SSSR count). The number of aromatic nitrogens is 1. The largest absolute Gasteiger partial charge is 0.348 e. The number of halogens is 2. The molecule has 0 saturated carbocycles. The maximum atomic E-state index is 3.72. The molecule has 1 spiro atoms. The van der Waals surface area contributed by atoms with Crippen LogP contribution in [-0.4, -0.2) is 24.2 Å². The lowest BCUT2D eigenvalue weighted by Gasteiger charge is -2.42. The first-order valence-corrected chi connectivity index (χ1v) is 5.52. The van der Waals surface area contributed by atoms with Crippen molar-refractivity contribution in [2.45, 2.75) is 24.9 Å². The highest BCUT2D eigenvalue weighted by molar-refractivity contribution is 5.85. The van der Waals surface area contributed by atoms with E-state index in [0.717, 1.165) is 26.2 Å². The zero-order valence-corrected chi connectivity index (χ0v) is 10.9. The van der Waals surface area contributed by atoms with Gasteiger partial charge in [0.15, 0.2) is 0 Å². The van der Waals surface area contributed by atoms with Crippen LogP contribution in [0.4, 0.5) is 0 Å². The molecule has 5 heteroatoms. The molecule has 3 heterocycles. The summed E-state index contributed by atoms with van der Waals surface area (Å²) in [6.07, 6.45) is 4.65. The summed E-state index contributed by atoms with van der Waals surface area (Å²) in [5.74, 6) is 0. The fraction of sp³-hybridized carbons (Fsp3) is 0.636. The van der Waals surface area contributed by atoms with Crippen molar-refractivity contribution in [3.05, 3.63) is 24.0 Å². The Balaban J connectivity index is 0.000000640. The Morgan fingerprint density at radius 3 is 2.62 bits per heavy atom. The number of hydrogen-bond acceptors (Lipinski definition) is 2. The van der Waals surface area contributed by atoms with Gasteiger partial charge in [0.2, 0.25) is 0 Å². The van der Waals surface area contributed by atoms with Gasteiger partial charge in [-0.15, -0.1) is 24.8 Å². The quantitative estimate of drug-likeness (QED) is 0.743. The van der Waals surface area contributed by atoms with Gasteiger partial charge in [-0.25, -0.2) is 0 Å². The number of hydrogen-bond donors (Lipinski definition) is 2. The van der Waals surface area contributed by atoms with Gasteiger partial charge in [-0.1, -0.05) is 0 Å². The van der Waals surface area contributed by atoms with E-state index >= 15 is 0 Å². The van der Waals surface area contributed by atoms with Crippen LogP contribution < -0.4 is 10.6 Å². The summed E-state index contributed by atoms with van der Waals surface area (Å²) in [5.41, 5.74) is 1.76. The van der Waals surface area contributed by atoms with Gasteiger partial charge in [0.25, 0.3) is 0 Å². The minimum absolute atomic E-state index is 0. The van der Waals surface area contributed by atoms with E-state index in [2.05, 4.69) is 33.5 Å². The smallest absolute Gasteiger partial charge is 0.0613 e. The molecule has 92 valence electrons. The lowest BCUT2D eigenvalue weighted by atomic mass is 9.84. The number of fused-ring (bicyclic) bond motifs is 2. The van der Waals surface area contributed by atoms with Gasteiger partial charge in [0.05, 0.1) is 5.54 Å². The van der Waals surface area contributed by atoms with Crippen LogP contribution in [0.15, 0.2) is 18.3 Å². The molecule has 1 aromatic heterocycles. The molecule has 16 heavy (non-hydrogen) atoms. The average Bonchev–Trinajstić information content (AvgIpc) is 2.69. The van der Waals surface area contributed by atoms with Crippen molar-refractivity contribution in [3.8, 4) is 0 Å². The molecule has 2 aliphatic heterocycles. The molecular weight excluding hydrogens is 245 g/mol. The molecule has 2 N–H and O–H groups in total. The van der Waals surface area contributed by atoms with Crippen molar-refractivity contribution in [1.82, 2.24) is 15.2 Å². The Labute approximate surface area is 109 Å². The SMILES string of the molecule is Cl.Cl.c1cc2n(c1)CCNC21CCNCC1. The Hall–Kier alpha value is -0.220. The molecule has 0 atom stereocenters. The first-order valence-electron chi connectivity index (χ1n) is 5.52. The molecule has 3 nitrogen and oxygen atoms in total. The molecule has 1 fully saturated rings. The van der Waals surface area contributed by atoms with E-state index < -0.39 is 0 Å². The maximum absolute atomic E-state index is 3.72. The second-order valence-electron chi connectivity index (χ2n) is 4.35. The van der Waals surface area contributed by atoms with Gasteiger partial charge in [0, 0.05) is 25.0 Å². The summed E-state index contributed by atoms with van der Waals surface area (Å²) in [7, 11) is 0. The Bertz CT molecular complexity index is 332. The second kappa shape index (κ2) is 5.41. The Kier molecular flexibility index (Phi) is 4.68. The summed E-state index contributed by atoms with van der Waals surface area (Å²) in [6.45, 7) is 4.51. The van der Waals surface area contributed by atoms with Crippen LogP contribution in [0.1, 0.15) is 18.5 Å². The van der Waals surface area contributed by atoms with Crippen LogP contribution in [0, 0.1) is 0 Å². The standard InChI is InChI=1S/C11H17N3.2ClH/c1-2-10-11(3-5-12-6-4-11)13-7-9-14(10)8-1;;/h1-2,8,12-13H,3-7,9H2;2*1H. The molecule has 0 amide bonds. The van der Waals surface area contributed by atoms with Gasteiger partial charge >= 0.3 is 0 Å². The average molecular weight is 264 g/mol. The van der Waals surface area contributed by atoms with E-state index in [-0.39, 0.29) is 30.4 Å². The topological polar surface area (TPSA) is 29.0 Å². The summed E-state index contributed by atoms with van der Waals surface area (Å²) >= 11 is 0. The first kappa shape index (κ1) is 13.8. The summed E-state index contributed by atoms with van der Waals surface area (Å²) in [6, 6.07) is 4.45. The first-order chi connectivity index (χ1) is 6.91. The highest BCUT2D eigenvalue weighted by atomic mass is 35.5. The highest BCUT2D eigenvalue weighted by Gasteiger charge is 2.37. The van der Waals surface area contributed by atoms with Crippen molar-refractivity contribution in [1.29, 1.82) is 0 Å². The molecule has 0 bridgehead atoms. The fourth-order valence-electron chi connectivity index (χ4n) is 2.84. The summed E-state index contributed by atoms with van der Waals surface area (Å²) < 4.78 is 2.40. The van der Waals surface area contributed by atoms with Crippen LogP contribution in [0.25, 0.3) is 0 Å². The van der Waals surface area contributed by atoms with Crippen LogP contribution in [0.2, 0.25) is 0 Å². The predicted octanol–water partition coefficient (Wildman–Crippen LogP) is 1.51. The molecule has 0 aromatic carbocycles. The predicted molar refractivity (Wildman–Crippen MR) is 70.7 cm³/mol. The van der Waals surface area contributed by atoms with Crippen molar-refractivity contribution < 1.29 is 0 Å². The monoisotopic (exact) mass is 263 g/mol. The fourth-order valence-corrected chi connectivity index (χ4v) is 2.84. The molecule has 0 radical (unpaired) electrons. The van der Waals surface area contributed by atoms with Gasteiger partial charge in [0.1, 0.15) is 0 Å². The van der Waals surface area contributed by atoms with E-state index in [9.17, 15) is 0 Å². The van der Waals surface area contributed by atoms with Crippen LogP contribution in [-0.2, 0) is 12.1 Å². The van der Waals surface area contributed by atoms with E-state index in [4.69, 9.17) is 0 Å². The lowest BCUT2D eigenvalue weighted by molar-refractivity contribution is 0.207. The second-order valence-corrected chi connectivity index (χ2v) is 4.35. The van der Waals surface area contributed by atoms with Crippen molar-refractivity contribution in [3.63, 3.8) is 0 Å². The zero-order valence-electron chi connectivity index (χ0n) is 9.24. The number of piperidine rings is 1. The Morgan fingerprint density at radius 1 is 1.12 bits per heavy atom. The van der Waals surface area contributed by atoms with Crippen LogP contribution in [0.5, 0.6) is 0 Å². The molecule has 0 unspecified atom stereocenters. The minimum Gasteiger partial charge on any atom is -0.348 e. The van der Waals surface area contributed by atoms with Crippen molar-refractivity contribution in [2.75, 3.05) is 19.6 Å².